The Labute approximate surface area is 98.8 Å². The maximum atomic E-state index is 11.8. The van der Waals surface area contributed by atoms with E-state index in [4.69, 9.17) is 11.6 Å². The molecule has 0 aromatic heterocycles. The molecular weight excluding hydrogens is 234 g/mol. The smallest absolute Gasteiger partial charge is 0.212 e. The molecule has 92 valence electrons. The van der Waals surface area contributed by atoms with Crippen molar-refractivity contribution in [1.29, 1.82) is 0 Å². The molecule has 0 fully saturated rings. The molecule has 0 aliphatic heterocycles. The number of hydrogen-bond donors (Lipinski definition) is 0. The molecule has 0 heterocycles. The molecular formula is C10H22ClNO2S. The fourth-order valence-corrected chi connectivity index (χ4v) is 3.02. The fourth-order valence-electron chi connectivity index (χ4n) is 1.21. The van der Waals surface area contributed by atoms with Gasteiger partial charge in [0.25, 0.3) is 0 Å². The van der Waals surface area contributed by atoms with Crippen molar-refractivity contribution >= 4 is 21.6 Å². The van der Waals surface area contributed by atoms with Crippen molar-refractivity contribution in [2.75, 3.05) is 25.2 Å². The minimum absolute atomic E-state index is 0.0102. The van der Waals surface area contributed by atoms with Crippen molar-refractivity contribution in [2.24, 2.45) is 11.8 Å². The van der Waals surface area contributed by atoms with Gasteiger partial charge in [0.15, 0.2) is 0 Å². The first-order valence-corrected chi connectivity index (χ1v) is 7.47. The second kappa shape index (κ2) is 6.71. The van der Waals surface area contributed by atoms with Gasteiger partial charge in [-0.05, 0) is 11.8 Å². The molecule has 5 heteroatoms. The normalized spacial score (nSPS) is 16.7. The molecule has 0 rings (SSSR count). The second-order valence-electron chi connectivity index (χ2n) is 4.33. The van der Waals surface area contributed by atoms with Crippen LogP contribution in [0.25, 0.3) is 0 Å². The summed E-state index contributed by atoms with van der Waals surface area (Å²) in [5, 5.41) is 0. The molecule has 2 unspecified atom stereocenters. The summed E-state index contributed by atoms with van der Waals surface area (Å²) in [5.41, 5.74) is 0. The molecule has 0 spiro atoms. The molecule has 0 aliphatic rings. The molecule has 15 heavy (non-hydrogen) atoms. The van der Waals surface area contributed by atoms with Gasteiger partial charge in [-0.1, -0.05) is 27.2 Å². The zero-order chi connectivity index (χ0) is 12.1. The number of sulfonamides is 1. The Morgan fingerprint density at radius 1 is 1.27 bits per heavy atom. The Hall–Kier alpha value is 0.200. The van der Waals surface area contributed by atoms with E-state index in [9.17, 15) is 8.42 Å². The van der Waals surface area contributed by atoms with Crippen LogP contribution in [0.3, 0.4) is 0 Å². The third kappa shape index (κ3) is 5.73. The standard InChI is InChI=1S/C10H22ClNO2S/c1-5-9(2)7-12(4)15(13,14)8-10(3)6-11/h9-10H,5-8H2,1-4H3. The van der Waals surface area contributed by atoms with Gasteiger partial charge < -0.3 is 0 Å². The molecule has 0 saturated carbocycles. The van der Waals surface area contributed by atoms with E-state index < -0.39 is 10.0 Å². The van der Waals surface area contributed by atoms with Gasteiger partial charge in [-0.15, -0.1) is 11.6 Å². The van der Waals surface area contributed by atoms with Crippen molar-refractivity contribution in [3.05, 3.63) is 0 Å². The molecule has 0 bridgehead atoms. The number of halogens is 1. The predicted octanol–water partition coefficient (Wildman–Crippen LogP) is 2.17. The highest BCUT2D eigenvalue weighted by Crippen LogP contribution is 2.11. The molecule has 0 radical (unpaired) electrons. The maximum Gasteiger partial charge on any atom is 0.214 e. The van der Waals surface area contributed by atoms with E-state index in [1.807, 2.05) is 6.92 Å². The van der Waals surface area contributed by atoms with Crippen LogP contribution in [0.2, 0.25) is 0 Å². The van der Waals surface area contributed by atoms with E-state index in [-0.39, 0.29) is 11.7 Å². The van der Waals surface area contributed by atoms with E-state index in [1.165, 1.54) is 4.31 Å². The minimum Gasteiger partial charge on any atom is -0.212 e. The van der Waals surface area contributed by atoms with Crippen LogP contribution < -0.4 is 0 Å². The van der Waals surface area contributed by atoms with E-state index in [1.54, 1.807) is 7.05 Å². The lowest BCUT2D eigenvalue weighted by Gasteiger charge is -2.21. The van der Waals surface area contributed by atoms with Crippen LogP contribution in [0, 0.1) is 11.8 Å². The maximum absolute atomic E-state index is 11.8. The van der Waals surface area contributed by atoms with Crippen LogP contribution >= 0.6 is 11.6 Å². The van der Waals surface area contributed by atoms with Crippen LogP contribution in [0.4, 0.5) is 0 Å². The average Bonchev–Trinajstić information content (AvgIpc) is 2.16. The Morgan fingerprint density at radius 2 is 1.80 bits per heavy atom. The molecule has 0 amide bonds. The number of nitrogens with zero attached hydrogens (tertiary/aromatic N) is 1. The number of alkyl halides is 1. The molecule has 0 saturated heterocycles. The van der Waals surface area contributed by atoms with Crippen LogP contribution in [0.5, 0.6) is 0 Å². The molecule has 0 aromatic rings. The quantitative estimate of drug-likeness (QED) is 0.654. The summed E-state index contributed by atoms with van der Waals surface area (Å²) in [6.07, 6.45) is 0.991. The van der Waals surface area contributed by atoms with Gasteiger partial charge in [-0.3, -0.25) is 0 Å². The Bertz CT molecular complexity index is 267. The van der Waals surface area contributed by atoms with Gasteiger partial charge in [-0.25, -0.2) is 12.7 Å². The van der Waals surface area contributed by atoms with Crippen LogP contribution in [0.1, 0.15) is 27.2 Å². The second-order valence-corrected chi connectivity index (χ2v) is 6.76. The molecule has 0 aliphatic carbocycles. The van der Waals surface area contributed by atoms with Crippen LogP contribution in [0.15, 0.2) is 0 Å². The Morgan fingerprint density at radius 3 is 2.20 bits per heavy atom. The summed E-state index contributed by atoms with van der Waals surface area (Å²) in [5.74, 6) is 0.937. The van der Waals surface area contributed by atoms with Crippen molar-refractivity contribution in [3.63, 3.8) is 0 Å². The lowest BCUT2D eigenvalue weighted by atomic mass is 10.1. The SMILES string of the molecule is CCC(C)CN(C)S(=O)(=O)CC(C)CCl. The lowest BCUT2D eigenvalue weighted by molar-refractivity contribution is 0.391. The monoisotopic (exact) mass is 255 g/mol. The summed E-state index contributed by atoms with van der Waals surface area (Å²) < 4.78 is 25.1. The highest BCUT2D eigenvalue weighted by atomic mass is 35.5. The van der Waals surface area contributed by atoms with Crippen molar-refractivity contribution < 1.29 is 8.42 Å². The van der Waals surface area contributed by atoms with Crippen molar-refractivity contribution in [2.45, 2.75) is 27.2 Å². The van der Waals surface area contributed by atoms with E-state index in [0.717, 1.165) is 6.42 Å². The first kappa shape index (κ1) is 15.2. The van der Waals surface area contributed by atoms with Gasteiger partial charge in [-0.2, -0.15) is 0 Å². The minimum atomic E-state index is -3.13. The van der Waals surface area contributed by atoms with Crippen LogP contribution in [-0.4, -0.2) is 37.9 Å². The Kier molecular flexibility index (Phi) is 6.80. The van der Waals surface area contributed by atoms with Gasteiger partial charge in [0.1, 0.15) is 0 Å². The third-order valence-corrected chi connectivity index (χ3v) is 5.12. The van der Waals surface area contributed by atoms with Crippen LogP contribution in [-0.2, 0) is 10.0 Å². The zero-order valence-corrected chi connectivity index (χ0v) is 11.6. The summed E-state index contributed by atoms with van der Waals surface area (Å²) in [6.45, 7) is 6.55. The third-order valence-electron chi connectivity index (χ3n) is 2.50. The van der Waals surface area contributed by atoms with Gasteiger partial charge in [0, 0.05) is 19.5 Å². The molecule has 0 aromatic carbocycles. The average molecular weight is 256 g/mol. The van der Waals surface area contributed by atoms with Gasteiger partial charge in [0.2, 0.25) is 10.0 Å². The lowest BCUT2D eigenvalue weighted by Crippen LogP contribution is -2.34. The van der Waals surface area contributed by atoms with E-state index in [0.29, 0.717) is 18.3 Å². The van der Waals surface area contributed by atoms with E-state index in [2.05, 4.69) is 13.8 Å². The zero-order valence-electron chi connectivity index (χ0n) is 10.0. The number of rotatable bonds is 7. The van der Waals surface area contributed by atoms with Crippen molar-refractivity contribution in [3.8, 4) is 0 Å². The summed E-state index contributed by atoms with van der Waals surface area (Å²) in [4.78, 5) is 0. The first-order chi connectivity index (χ1) is 6.83. The predicted molar refractivity (Wildman–Crippen MR) is 65.8 cm³/mol. The van der Waals surface area contributed by atoms with Crippen molar-refractivity contribution in [1.82, 2.24) is 4.31 Å². The Balaban J connectivity index is 4.33. The van der Waals surface area contributed by atoms with Gasteiger partial charge >= 0.3 is 0 Å². The molecule has 3 nitrogen and oxygen atoms in total. The summed E-state index contributed by atoms with van der Waals surface area (Å²) in [6, 6.07) is 0. The largest absolute Gasteiger partial charge is 0.214 e. The molecule has 0 N–H and O–H groups in total. The first-order valence-electron chi connectivity index (χ1n) is 5.33. The van der Waals surface area contributed by atoms with E-state index >= 15 is 0 Å². The molecule has 2 atom stereocenters. The topological polar surface area (TPSA) is 37.4 Å². The van der Waals surface area contributed by atoms with Gasteiger partial charge in [0.05, 0.1) is 5.75 Å². The fraction of sp³-hybridized carbons (Fsp3) is 1.00. The highest BCUT2D eigenvalue weighted by molar-refractivity contribution is 7.89. The highest BCUT2D eigenvalue weighted by Gasteiger charge is 2.21. The summed E-state index contributed by atoms with van der Waals surface area (Å²) >= 11 is 5.61. The number of hydrogen-bond acceptors (Lipinski definition) is 2. The summed E-state index contributed by atoms with van der Waals surface area (Å²) in [7, 11) is -1.49.